The Balaban J connectivity index is 2.31. The molecule has 1 aromatic carbocycles. The van der Waals surface area contributed by atoms with E-state index in [2.05, 4.69) is 11.7 Å². The van der Waals surface area contributed by atoms with Crippen LogP contribution in [0.3, 0.4) is 0 Å². The molecule has 118 valence electrons. The number of carbonyl (C=O) groups excluding carboxylic acids is 1. The van der Waals surface area contributed by atoms with Gasteiger partial charge in [-0.2, -0.15) is 0 Å². The van der Waals surface area contributed by atoms with Crippen LogP contribution in [0.2, 0.25) is 0 Å². The third-order valence-corrected chi connectivity index (χ3v) is 3.06. The lowest BCUT2D eigenvalue weighted by atomic mass is 9.98. The van der Waals surface area contributed by atoms with Crippen molar-refractivity contribution in [1.82, 2.24) is 0 Å². The van der Waals surface area contributed by atoms with Crippen molar-refractivity contribution in [2.45, 2.75) is 38.6 Å². The zero-order valence-corrected chi connectivity index (χ0v) is 13.1. The maximum Gasteiger partial charge on any atom is 0.325 e. The van der Waals surface area contributed by atoms with Crippen molar-refractivity contribution < 1.29 is 19.0 Å². The first-order chi connectivity index (χ1) is 9.99. The van der Waals surface area contributed by atoms with E-state index in [1.807, 2.05) is 24.3 Å². The second-order valence-corrected chi connectivity index (χ2v) is 5.18. The molecular weight excluding hydrogens is 270 g/mol. The fourth-order valence-electron chi connectivity index (χ4n) is 1.82. The fourth-order valence-corrected chi connectivity index (χ4v) is 1.82. The molecule has 21 heavy (non-hydrogen) atoms. The Morgan fingerprint density at radius 1 is 1.14 bits per heavy atom. The highest BCUT2D eigenvalue weighted by Crippen LogP contribution is 2.18. The van der Waals surface area contributed by atoms with E-state index in [1.54, 1.807) is 6.92 Å². The van der Waals surface area contributed by atoms with Gasteiger partial charge in [0.1, 0.15) is 17.0 Å². The van der Waals surface area contributed by atoms with Crippen LogP contribution in [-0.2, 0) is 9.53 Å². The molecule has 0 bridgehead atoms. The van der Waals surface area contributed by atoms with Crippen molar-refractivity contribution in [3.05, 3.63) is 24.3 Å². The number of benzene rings is 1. The van der Waals surface area contributed by atoms with Gasteiger partial charge in [0.2, 0.25) is 0 Å². The third kappa shape index (κ3) is 6.04. The molecule has 5 heteroatoms. The molecule has 1 rings (SSSR count). The van der Waals surface area contributed by atoms with E-state index in [4.69, 9.17) is 15.2 Å². The fraction of sp³-hybridized carbons (Fsp3) is 0.562. The van der Waals surface area contributed by atoms with Crippen LogP contribution < -0.4 is 15.2 Å². The Morgan fingerprint density at radius 3 is 2.14 bits per heavy atom. The third-order valence-electron chi connectivity index (χ3n) is 3.06. The van der Waals surface area contributed by atoms with Gasteiger partial charge in [-0.1, -0.05) is 6.92 Å². The number of hydrogen-bond acceptors (Lipinski definition) is 5. The van der Waals surface area contributed by atoms with E-state index in [-0.39, 0.29) is 0 Å². The number of nitrogens with two attached hydrogens (primary N) is 1. The number of rotatable bonds is 9. The topological polar surface area (TPSA) is 70.8 Å². The van der Waals surface area contributed by atoms with Crippen LogP contribution in [0.4, 0.5) is 0 Å². The summed E-state index contributed by atoms with van der Waals surface area (Å²) in [6, 6.07) is 7.50. The van der Waals surface area contributed by atoms with Crippen molar-refractivity contribution in [2.75, 3.05) is 20.3 Å². The van der Waals surface area contributed by atoms with Crippen molar-refractivity contribution in [2.24, 2.45) is 5.73 Å². The van der Waals surface area contributed by atoms with Gasteiger partial charge in [0.25, 0.3) is 0 Å². The molecule has 0 radical (unpaired) electrons. The highest BCUT2D eigenvalue weighted by Gasteiger charge is 2.28. The van der Waals surface area contributed by atoms with Gasteiger partial charge in [-0.3, -0.25) is 4.79 Å². The van der Waals surface area contributed by atoms with E-state index in [0.29, 0.717) is 26.1 Å². The Morgan fingerprint density at radius 2 is 1.67 bits per heavy atom. The summed E-state index contributed by atoms with van der Waals surface area (Å²) in [6.07, 6.45) is 2.17. The summed E-state index contributed by atoms with van der Waals surface area (Å²) in [5.41, 5.74) is 4.91. The largest absolute Gasteiger partial charge is 0.494 e. The number of hydrogen-bond donors (Lipinski definition) is 1. The molecule has 0 aliphatic carbocycles. The molecule has 0 aromatic heterocycles. The monoisotopic (exact) mass is 295 g/mol. The predicted octanol–water partition coefficient (Wildman–Crippen LogP) is 2.52. The number of ether oxygens (including phenoxy) is 3. The molecule has 1 aromatic rings. The molecule has 0 fully saturated rings. The summed E-state index contributed by atoms with van der Waals surface area (Å²) in [5.74, 6) is 1.21. The summed E-state index contributed by atoms with van der Waals surface area (Å²) in [5, 5.41) is 0. The van der Waals surface area contributed by atoms with Crippen molar-refractivity contribution in [3.8, 4) is 11.5 Å². The van der Waals surface area contributed by atoms with Crippen LogP contribution in [0, 0.1) is 0 Å². The number of carbonyl (C=O) groups is 1. The predicted molar refractivity (Wildman–Crippen MR) is 81.6 cm³/mol. The highest BCUT2D eigenvalue weighted by atomic mass is 16.5. The van der Waals surface area contributed by atoms with Crippen LogP contribution in [0.25, 0.3) is 0 Å². The number of methoxy groups -OCH3 is 1. The van der Waals surface area contributed by atoms with Gasteiger partial charge in [0.05, 0.1) is 20.3 Å². The quantitative estimate of drug-likeness (QED) is 0.560. The van der Waals surface area contributed by atoms with Gasteiger partial charge in [-0.05, 0) is 50.5 Å². The summed E-state index contributed by atoms with van der Waals surface area (Å²) in [4.78, 5) is 11.4. The molecule has 0 heterocycles. The first-order valence-corrected chi connectivity index (χ1v) is 7.22. The molecule has 0 aliphatic heterocycles. The zero-order valence-electron chi connectivity index (χ0n) is 13.1. The van der Waals surface area contributed by atoms with Crippen LogP contribution in [0.1, 0.15) is 33.1 Å². The van der Waals surface area contributed by atoms with Crippen molar-refractivity contribution in [3.63, 3.8) is 0 Å². The molecular formula is C16H25NO4. The average Bonchev–Trinajstić information content (AvgIpc) is 2.49. The molecule has 1 atom stereocenters. The first-order valence-electron chi connectivity index (χ1n) is 7.22. The second kappa shape index (κ2) is 8.52. The minimum absolute atomic E-state index is 0.403. The van der Waals surface area contributed by atoms with Crippen LogP contribution in [-0.4, -0.2) is 31.8 Å². The zero-order chi connectivity index (χ0) is 15.7. The van der Waals surface area contributed by atoms with Crippen LogP contribution >= 0.6 is 0 Å². The van der Waals surface area contributed by atoms with E-state index in [9.17, 15) is 4.79 Å². The summed E-state index contributed by atoms with van der Waals surface area (Å²) in [7, 11) is 1.34. The SMILES string of the molecule is CCCOc1ccc(OCCCC(C)(N)C(=O)OC)cc1. The summed E-state index contributed by atoms with van der Waals surface area (Å²) in [6.45, 7) is 4.94. The van der Waals surface area contributed by atoms with Crippen molar-refractivity contribution >= 4 is 5.97 Å². The molecule has 0 aliphatic rings. The standard InChI is InChI=1S/C16H25NO4/c1-4-11-20-13-6-8-14(9-7-13)21-12-5-10-16(2,17)15(18)19-3/h6-9H,4-5,10-12,17H2,1-3H3. The molecule has 0 spiro atoms. The van der Waals surface area contributed by atoms with Crippen LogP contribution in [0.15, 0.2) is 24.3 Å². The van der Waals surface area contributed by atoms with Gasteiger partial charge >= 0.3 is 5.97 Å². The van der Waals surface area contributed by atoms with Gasteiger partial charge in [0.15, 0.2) is 0 Å². The Kier molecular flexibility index (Phi) is 7.02. The summed E-state index contributed by atoms with van der Waals surface area (Å²) >= 11 is 0. The Bertz CT molecular complexity index is 428. The van der Waals surface area contributed by atoms with Gasteiger partial charge in [-0.15, -0.1) is 0 Å². The van der Waals surface area contributed by atoms with Crippen molar-refractivity contribution in [1.29, 1.82) is 0 Å². The van der Waals surface area contributed by atoms with E-state index in [0.717, 1.165) is 17.9 Å². The van der Waals surface area contributed by atoms with E-state index in [1.165, 1.54) is 7.11 Å². The smallest absolute Gasteiger partial charge is 0.325 e. The lowest BCUT2D eigenvalue weighted by Crippen LogP contribution is -2.45. The molecule has 1 unspecified atom stereocenters. The Labute approximate surface area is 126 Å². The first kappa shape index (κ1) is 17.3. The lowest BCUT2D eigenvalue weighted by molar-refractivity contribution is -0.146. The number of esters is 1. The minimum Gasteiger partial charge on any atom is -0.494 e. The Hall–Kier alpha value is -1.75. The normalized spacial score (nSPS) is 13.3. The van der Waals surface area contributed by atoms with Gasteiger partial charge in [0, 0.05) is 0 Å². The van der Waals surface area contributed by atoms with Gasteiger partial charge < -0.3 is 19.9 Å². The van der Waals surface area contributed by atoms with E-state index < -0.39 is 11.5 Å². The molecule has 5 nitrogen and oxygen atoms in total. The molecule has 0 saturated heterocycles. The average molecular weight is 295 g/mol. The lowest BCUT2D eigenvalue weighted by Gasteiger charge is -2.21. The molecule has 2 N–H and O–H groups in total. The minimum atomic E-state index is -0.962. The molecule has 0 amide bonds. The highest BCUT2D eigenvalue weighted by molar-refractivity contribution is 5.79. The van der Waals surface area contributed by atoms with Crippen LogP contribution in [0.5, 0.6) is 11.5 Å². The van der Waals surface area contributed by atoms with Gasteiger partial charge in [-0.25, -0.2) is 0 Å². The summed E-state index contributed by atoms with van der Waals surface area (Å²) < 4.78 is 15.8. The van der Waals surface area contributed by atoms with E-state index >= 15 is 0 Å². The second-order valence-electron chi connectivity index (χ2n) is 5.18. The maximum absolute atomic E-state index is 11.4. The maximum atomic E-state index is 11.4. The molecule has 0 saturated carbocycles.